The molecule has 0 spiro atoms. The van der Waals surface area contributed by atoms with Crippen LogP contribution in [0.5, 0.6) is 11.5 Å². The number of ether oxygens (including phenoxy) is 2. The number of hydrogen-bond acceptors (Lipinski definition) is 6. The van der Waals surface area contributed by atoms with Crippen LogP contribution in [0.2, 0.25) is 0 Å². The van der Waals surface area contributed by atoms with Crippen LogP contribution in [0.25, 0.3) is 11.3 Å². The number of H-pyrrole nitrogens is 1. The number of aromatic amines is 1. The summed E-state index contributed by atoms with van der Waals surface area (Å²) in [6.07, 6.45) is 5.66. The van der Waals surface area contributed by atoms with Crippen molar-refractivity contribution in [3.63, 3.8) is 0 Å². The topological polar surface area (TPSA) is 109 Å². The molecule has 2 aliphatic heterocycles. The zero-order valence-corrected chi connectivity index (χ0v) is 20.6. The van der Waals surface area contributed by atoms with E-state index < -0.39 is 5.82 Å². The molecule has 1 fully saturated rings. The largest absolute Gasteiger partial charge is 0.492 e. The van der Waals surface area contributed by atoms with E-state index in [1.807, 2.05) is 6.92 Å². The molecule has 5 rings (SSSR count). The average Bonchev–Trinajstić information content (AvgIpc) is 3.23. The first-order chi connectivity index (χ1) is 17.9. The van der Waals surface area contributed by atoms with Crippen LogP contribution >= 0.6 is 0 Å². The van der Waals surface area contributed by atoms with Crippen LogP contribution in [0.15, 0.2) is 49.3 Å². The molecule has 192 valence electrons. The number of para-hydroxylation sites is 1. The first-order valence-electron chi connectivity index (χ1n) is 12.1. The Labute approximate surface area is 213 Å². The molecule has 2 amide bonds. The fourth-order valence-corrected chi connectivity index (χ4v) is 4.90. The van der Waals surface area contributed by atoms with Gasteiger partial charge in [0.15, 0.2) is 11.6 Å². The third-order valence-corrected chi connectivity index (χ3v) is 6.83. The van der Waals surface area contributed by atoms with Crippen LogP contribution in [0.1, 0.15) is 29.4 Å². The van der Waals surface area contributed by atoms with Gasteiger partial charge in [0.25, 0.3) is 5.91 Å². The van der Waals surface area contributed by atoms with Crippen LogP contribution in [0.4, 0.5) is 15.8 Å². The SMILES string of the molecule is C=CC(=O)N1CC[C@@H]1C(C)Oc1cnccc1-c1[nH]c2c(c1Nc1cccc(F)c1OC)C(=O)NCC2. The highest BCUT2D eigenvalue weighted by Gasteiger charge is 2.37. The van der Waals surface area contributed by atoms with E-state index in [-0.39, 0.29) is 29.7 Å². The number of carbonyl (C=O) groups excluding carboxylic acids is 2. The first-order valence-corrected chi connectivity index (χ1v) is 12.1. The van der Waals surface area contributed by atoms with Crippen molar-refractivity contribution in [3.8, 4) is 22.8 Å². The minimum atomic E-state index is -0.524. The Morgan fingerprint density at radius 1 is 1.38 bits per heavy atom. The van der Waals surface area contributed by atoms with Crippen molar-refractivity contribution in [2.75, 3.05) is 25.5 Å². The van der Waals surface area contributed by atoms with Gasteiger partial charge in [-0.05, 0) is 37.6 Å². The third-order valence-electron chi connectivity index (χ3n) is 6.83. The zero-order chi connectivity index (χ0) is 26.1. The van der Waals surface area contributed by atoms with Crippen LogP contribution in [0, 0.1) is 5.82 Å². The van der Waals surface area contributed by atoms with Gasteiger partial charge in [0, 0.05) is 37.0 Å². The maximum Gasteiger partial charge on any atom is 0.255 e. The van der Waals surface area contributed by atoms with Gasteiger partial charge in [0.2, 0.25) is 5.91 Å². The number of methoxy groups -OCH3 is 1. The van der Waals surface area contributed by atoms with Gasteiger partial charge in [0.05, 0.1) is 42.0 Å². The average molecular weight is 506 g/mol. The van der Waals surface area contributed by atoms with Gasteiger partial charge in [0.1, 0.15) is 11.9 Å². The molecule has 1 saturated heterocycles. The molecule has 37 heavy (non-hydrogen) atoms. The summed E-state index contributed by atoms with van der Waals surface area (Å²) < 4.78 is 26.1. The smallest absolute Gasteiger partial charge is 0.255 e. The lowest BCUT2D eigenvalue weighted by atomic mass is 9.97. The molecular formula is C27H28FN5O4. The lowest BCUT2D eigenvalue weighted by molar-refractivity contribution is -0.136. The normalized spacial score (nSPS) is 17.2. The molecule has 4 heterocycles. The molecular weight excluding hydrogens is 477 g/mol. The molecule has 10 heteroatoms. The van der Waals surface area contributed by atoms with E-state index in [2.05, 4.69) is 27.2 Å². The number of likely N-dealkylation sites (tertiary alicyclic amines) is 1. The van der Waals surface area contributed by atoms with E-state index in [1.54, 1.807) is 35.5 Å². The Morgan fingerprint density at radius 3 is 2.95 bits per heavy atom. The number of benzene rings is 1. The summed E-state index contributed by atoms with van der Waals surface area (Å²) in [5.41, 5.74) is 3.33. The molecule has 1 aromatic carbocycles. The van der Waals surface area contributed by atoms with Gasteiger partial charge in [-0.15, -0.1) is 0 Å². The van der Waals surface area contributed by atoms with E-state index in [1.165, 1.54) is 19.3 Å². The van der Waals surface area contributed by atoms with Gasteiger partial charge >= 0.3 is 0 Å². The number of hydrogen-bond donors (Lipinski definition) is 3. The molecule has 0 aliphatic carbocycles. The molecule has 2 aliphatic rings. The van der Waals surface area contributed by atoms with Gasteiger partial charge in [-0.2, -0.15) is 0 Å². The Hall–Kier alpha value is -4.34. The zero-order valence-electron chi connectivity index (χ0n) is 20.6. The number of halogens is 1. The fourth-order valence-electron chi connectivity index (χ4n) is 4.90. The van der Waals surface area contributed by atoms with Crippen LogP contribution in [-0.2, 0) is 11.2 Å². The highest BCUT2D eigenvalue weighted by molar-refractivity contribution is 6.06. The Balaban J connectivity index is 1.55. The lowest BCUT2D eigenvalue weighted by Gasteiger charge is -2.43. The van der Waals surface area contributed by atoms with Crippen LogP contribution < -0.4 is 20.1 Å². The maximum atomic E-state index is 14.4. The number of aromatic nitrogens is 2. The summed E-state index contributed by atoms with van der Waals surface area (Å²) in [5, 5.41) is 6.10. The van der Waals surface area contributed by atoms with E-state index in [4.69, 9.17) is 9.47 Å². The molecule has 0 saturated carbocycles. The van der Waals surface area contributed by atoms with Crippen molar-refractivity contribution in [1.82, 2.24) is 20.2 Å². The molecule has 2 atom stereocenters. The Bertz CT molecular complexity index is 1370. The van der Waals surface area contributed by atoms with E-state index in [9.17, 15) is 14.0 Å². The summed E-state index contributed by atoms with van der Waals surface area (Å²) in [6, 6.07) is 6.26. The summed E-state index contributed by atoms with van der Waals surface area (Å²) in [4.78, 5) is 34.4. The summed E-state index contributed by atoms with van der Waals surface area (Å²) in [5.74, 6) is -0.363. The second-order valence-corrected chi connectivity index (χ2v) is 8.97. The lowest BCUT2D eigenvalue weighted by Crippen LogP contribution is -2.56. The second kappa shape index (κ2) is 9.96. The highest BCUT2D eigenvalue weighted by atomic mass is 19.1. The monoisotopic (exact) mass is 505 g/mol. The van der Waals surface area contributed by atoms with Crippen molar-refractivity contribution in [2.24, 2.45) is 0 Å². The predicted octanol–water partition coefficient (Wildman–Crippen LogP) is 3.81. The number of carbonyl (C=O) groups is 2. The van der Waals surface area contributed by atoms with Crippen molar-refractivity contribution in [1.29, 1.82) is 0 Å². The molecule has 3 aromatic rings. The fraction of sp³-hybridized carbons (Fsp3) is 0.296. The summed E-state index contributed by atoms with van der Waals surface area (Å²) in [7, 11) is 1.39. The standard InChI is InChI=1S/C27H28FN5O4/c1-4-22(34)33-13-10-20(33)15(2)37-21-14-29-11-8-16(21)24-25(23-18(31-24)9-12-30-27(23)35)32-19-7-5-6-17(28)26(19)36-3/h4-8,11,14-15,20,31-32H,1,9-10,12-13H2,2-3H3,(H,30,35)/t15?,20-/m1/s1. The van der Waals surface area contributed by atoms with Crippen LogP contribution in [-0.4, -0.2) is 59.0 Å². The molecule has 1 unspecified atom stereocenters. The van der Waals surface area contributed by atoms with Gasteiger partial charge in [-0.3, -0.25) is 14.6 Å². The van der Waals surface area contributed by atoms with E-state index >= 15 is 0 Å². The van der Waals surface area contributed by atoms with Gasteiger partial charge in [-0.25, -0.2) is 4.39 Å². The van der Waals surface area contributed by atoms with E-state index in [0.29, 0.717) is 53.5 Å². The van der Waals surface area contributed by atoms with Gasteiger partial charge in [-0.1, -0.05) is 12.6 Å². The molecule has 2 aromatic heterocycles. The summed E-state index contributed by atoms with van der Waals surface area (Å²) in [6.45, 7) is 6.65. The number of amides is 2. The minimum Gasteiger partial charge on any atom is -0.492 e. The quantitative estimate of drug-likeness (QED) is 0.402. The van der Waals surface area contributed by atoms with Crippen LogP contribution in [0.3, 0.4) is 0 Å². The second-order valence-electron chi connectivity index (χ2n) is 8.97. The molecule has 3 N–H and O–H groups in total. The predicted molar refractivity (Wildman–Crippen MR) is 137 cm³/mol. The first kappa shape index (κ1) is 24.4. The third kappa shape index (κ3) is 4.39. The molecule has 0 bridgehead atoms. The minimum absolute atomic E-state index is 0.0383. The maximum absolute atomic E-state index is 14.4. The number of anilines is 2. The van der Waals surface area contributed by atoms with E-state index in [0.717, 1.165) is 12.1 Å². The molecule has 9 nitrogen and oxygen atoms in total. The summed E-state index contributed by atoms with van der Waals surface area (Å²) >= 11 is 0. The number of nitrogens with zero attached hydrogens (tertiary/aromatic N) is 2. The Morgan fingerprint density at radius 2 is 2.22 bits per heavy atom. The highest BCUT2D eigenvalue weighted by Crippen LogP contribution is 2.42. The van der Waals surface area contributed by atoms with Crippen molar-refractivity contribution in [3.05, 3.63) is 66.4 Å². The van der Waals surface area contributed by atoms with Crippen molar-refractivity contribution < 1.29 is 23.5 Å². The number of nitrogens with one attached hydrogen (secondary N) is 3. The van der Waals surface area contributed by atoms with Crippen molar-refractivity contribution >= 4 is 23.2 Å². The number of fused-ring (bicyclic) bond motifs is 1. The van der Waals surface area contributed by atoms with Gasteiger partial charge < -0.3 is 30.0 Å². The molecule has 0 radical (unpaired) electrons. The van der Waals surface area contributed by atoms with Crippen molar-refractivity contribution in [2.45, 2.75) is 31.9 Å². The number of pyridine rings is 1. The Kier molecular flexibility index (Phi) is 6.56. The number of rotatable bonds is 8.